The molecule has 1 heterocycles. The van der Waals surface area contributed by atoms with Crippen LogP contribution >= 0.6 is 22.9 Å². The number of alkyl halides is 1. The van der Waals surface area contributed by atoms with Gasteiger partial charge in [-0.05, 0) is 24.1 Å². The van der Waals surface area contributed by atoms with E-state index in [0.717, 1.165) is 35.9 Å². The summed E-state index contributed by atoms with van der Waals surface area (Å²) in [4.78, 5) is 4.45. The van der Waals surface area contributed by atoms with Crippen LogP contribution in [0.4, 0.5) is 0 Å². The van der Waals surface area contributed by atoms with Crippen molar-refractivity contribution in [1.29, 1.82) is 0 Å². The summed E-state index contributed by atoms with van der Waals surface area (Å²) >= 11 is 7.40. The Hall–Kier alpha value is -1.06. The third-order valence-electron chi connectivity index (χ3n) is 2.49. The van der Waals surface area contributed by atoms with Crippen molar-refractivity contribution in [2.75, 3.05) is 6.61 Å². The van der Waals surface area contributed by atoms with E-state index in [4.69, 9.17) is 16.3 Å². The minimum absolute atomic E-state index is 0.486. The molecule has 4 heteroatoms. The van der Waals surface area contributed by atoms with E-state index in [2.05, 4.69) is 24.0 Å². The summed E-state index contributed by atoms with van der Waals surface area (Å²) in [7, 11) is 0. The molecule has 0 saturated carbocycles. The van der Waals surface area contributed by atoms with Crippen molar-refractivity contribution in [1.82, 2.24) is 4.98 Å². The molecule has 0 atom stereocenters. The Kier molecular flexibility index (Phi) is 5.02. The summed E-state index contributed by atoms with van der Waals surface area (Å²) < 4.78 is 5.55. The molecule has 0 aliphatic rings. The maximum absolute atomic E-state index is 5.74. The molecule has 18 heavy (non-hydrogen) atoms. The van der Waals surface area contributed by atoms with Crippen LogP contribution in [0.5, 0.6) is 5.75 Å². The Morgan fingerprint density at radius 3 is 2.67 bits per heavy atom. The summed E-state index contributed by atoms with van der Waals surface area (Å²) in [6, 6.07) is 8.21. The largest absolute Gasteiger partial charge is 0.494 e. The molecule has 2 aromatic rings. The first-order chi connectivity index (χ1) is 8.81. The van der Waals surface area contributed by atoms with E-state index in [1.807, 2.05) is 17.5 Å². The number of hydrogen-bond donors (Lipinski definition) is 0. The number of hydrogen-bond acceptors (Lipinski definition) is 3. The van der Waals surface area contributed by atoms with Gasteiger partial charge in [0.2, 0.25) is 0 Å². The number of benzene rings is 1. The van der Waals surface area contributed by atoms with Crippen LogP contribution in [0.2, 0.25) is 0 Å². The topological polar surface area (TPSA) is 22.1 Å². The first-order valence-corrected chi connectivity index (χ1v) is 7.44. The highest BCUT2D eigenvalue weighted by Crippen LogP contribution is 2.18. The normalized spacial score (nSPS) is 10.6. The molecule has 0 radical (unpaired) electrons. The third-order valence-corrected chi connectivity index (χ3v) is 3.66. The van der Waals surface area contributed by atoms with Crippen molar-refractivity contribution >= 4 is 22.9 Å². The number of rotatable bonds is 6. The molecule has 0 N–H and O–H groups in total. The molecule has 0 spiro atoms. The molecule has 0 saturated heterocycles. The van der Waals surface area contributed by atoms with Gasteiger partial charge in [-0.25, -0.2) is 4.98 Å². The lowest BCUT2D eigenvalue weighted by Crippen LogP contribution is -1.95. The maximum atomic E-state index is 5.74. The van der Waals surface area contributed by atoms with Gasteiger partial charge >= 0.3 is 0 Å². The van der Waals surface area contributed by atoms with Gasteiger partial charge in [-0.3, -0.25) is 0 Å². The van der Waals surface area contributed by atoms with Crippen LogP contribution in [0.25, 0.3) is 0 Å². The van der Waals surface area contributed by atoms with E-state index < -0.39 is 0 Å². The van der Waals surface area contributed by atoms with Crippen LogP contribution in [-0.2, 0) is 12.3 Å². The zero-order chi connectivity index (χ0) is 12.8. The highest BCUT2D eigenvalue weighted by atomic mass is 35.5. The van der Waals surface area contributed by atoms with Crippen molar-refractivity contribution in [3.8, 4) is 5.75 Å². The fraction of sp³-hybridized carbons (Fsp3) is 0.357. The Labute approximate surface area is 117 Å². The van der Waals surface area contributed by atoms with Crippen LogP contribution in [0.3, 0.4) is 0 Å². The fourth-order valence-corrected chi connectivity index (χ4v) is 2.65. The monoisotopic (exact) mass is 281 g/mol. The molecule has 0 bridgehead atoms. The Morgan fingerprint density at radius 1 is 1.28 bits per heavy atom. The molecule has 1 aromatic heterocycles. The Morgan fingerprint density at radius 2 is 2.06 bits per heavy atom. The lowest BCUT2D eigenvalue weighted by molar-refractivity contribution is 0.317. The zero-order valence-corrected chi connectivity index (χ0v) is 11.9. The van der Waals surface area contributed by atoms with Gasteiger partial charge in [-0.1, -0.05) is 19.1 Å². The first kappa shape index (κ1) is 13.4. The molecule has 0 unspecified atom stereocenters. The van der Waals surface area contributed by atoms with Gasteiger partial charge in [0.1, 0.15) is 5.75 Å². The number of ether oxygens (including phenoxy) is 1. The second-order valence-corrected chi connectivity index (χ2v) is 5.25. The first-order valence-electron chi connectivity index (χ1n) is 6.02. The molecule has 0 aliphatic heterocycles. The zero-order valence-electron chi connectivity index (χ0n) is 10.4. The van der Waals surface area contributed by atoms with Gasteiger partial charge < -0.3 is 4.74 Å². The van der Waals surface area contributed by atoms with Gasteiger partial charge in [-0.2, -0.15) is 0 Å². The summed E-state index contributed by atoms with van der Waals surface area (Å²) in [5, 5.41) is 3.12. The van der Waals surface area contributed by atoms with Gasteiger partial charge in [0.05, 0.1) is 23.2 Å². The summed E-state index contributed by atoms with van der Waals surface area (Å²) in [5.41, 5.74) is 2.20. The SMILES string of the molecule is CCCOc1ccc(Cc2nc(CCl)cs2)cc1. The second kappa shape index (κ2) is 6.76. The molecule has 0 amide bonds. The molecule has 0 aliphatic carbocycles. The van der Waals surface area contributed by atoms with Crippen molar-refractivity contribution < 1.29 is 4.74 Å². The molecule has 2 nitrogen and oxygen atoms in total. The van der Waals surface area contributed by atoms with Crippen LogP contribution in [0, 0.1) is 0 Å². The number of nitrogens with zero attached hydrogens (tertiary/aromatic N) is 1. The maximum Gasteiger partial charge on any atom is 0.119 e. The van der Waals surface area contributed by atoms with Crippen LogP contribution in [0.15, 0.2) is 29.6 Å². The average molecular weight is 282 g/mol. The van der Waals surface area contributed by atoms with Gasteiger partial charge in [0.15, 0.2) is 0 Å². The average Bonchev–Trinajstić information content (AvgIpc) is 2.86. The number of halogens is 1. The molecule has 2 rings (SSSR count). The third kappa shape index (κ3) is 3.72. The molecular formula is C14H16ClNOS. The minimum atomic E-state index is 0.486. The van der Waals surface area contributed by atoms with Crippen molar-refractivity contribution in [2.45, 2.75) is 25.6 Å². The van der Waals surface area contributed by atoms with Crippen LogP contribution < -0.4 is 4.74 Å². The van der Waals surface area contributed by atoms with E-state index in [9.17, 15) is 0 Å². The quantitative estimate of drug-likeness (QED) is 0.738. The Balaban J connectivity index is 1.97. The van der Waals surface area contributed by atoms with E-state index in [1.165, 1.54) is 5.56 Å². The van der Waals surface area contributed by atoms with Gasteiger partial charge in [0, 0.05) is 11.8 Å². The highest BCUT2D eigenvalue weighted by Gasteiger charge is 2.03. The lowest BCUT2D eigenvalue weighted by Gasteiger charge is -2.05. The molecule has 96 valence electrons. The standard InChI is InChI=1S/C14H16ClNOS/c1-2-7-17-13-5-3-11(4-6-13)8-14-16-12(9-15)10-18-14/h3-6,10H,2,7-9H2,1H3. The lowest BCUT2D eigenvalue weighted by atomic mass is 10.1. The summed E-state index contributed by atoms with van der Waals surface area (Å²) in [5.74, 6) is 1.42. The molecular weight excluding hydrogens is 266 g/mol. The van der Waals surface area contributed by atoms with Crippen LogP contribution in [-0.4, -0.2) is 11.6 Å². The van der Waals surface area contributed by atoms with Gasteiger partial charge in [0.25, 0.3) is 0 Å². The predicted octanol–water partition coefficient (Wildman–Crippen LogP) is 4.26. The molecule has 1 aromatic carbocycles. The fourth-order valence-electron chi connectivity index (χ4n) is 1.59. The smallest absolute Gasteiger partial charge is 0.119 e. The van der Waals surface area contributed by atoms with Crippen molar-refractivity contribution in [2.24, 2.45) is 0 Å². The predicted molar refractivity (Wildman–Crippen MR) is 76.7 cm³/mol. The van der Waals surface area contributed by atoms with Crippen molar-refractivity contribution in [3.05, 3.63) is 45.9 Å². The summed E-state index contributed by atoms with van der Waals surface area (Å²) in [6.07, 6.45) is 1.89. The van der Waals surface area contributed by atoms with Crippen LogP contribution in [0.1, 0.15) is 29.6 Å². The van der Waals surface area contributed by atoms with E-state index in [-0.39, 0.29) is 0 Å². The summed E-state index contributed by atoms with van der Waals surface area (Å²) in [6.45, 7) is 2.87. The Bertz CT molecular complexity index is 481. The number of thiazole rings is 1. The van der Waals surface area contributed by atoms with Gasteiger partial charge in [-0.15, -0.1) is 22.9 Å². The highest BCUT2D eigenvalue weighted by molar-refractivity contribution is 7.09. The van der Waals surface area contributed by atoms with E-state index >= 15 is 0 Å². The van der Waals surface area contributed by atoms with E-state index in [0.29, 0.717) is 5.88 Å². The minimum Gasteiger partial charge on any atom is -0.494 e. The molecule has 0 fully saturated rings. The van der Waals surface area contributed by atoms with E-state index in [1.54, 1.807) is 11.3 Å². The number of aromatic nitrogens is 1. The van der Waals surface area contributed by atoms with Crippen molar-refractivity contribution in [3.63, 3.8) is 0 Å². The second-order valence-electron chi connectivity index (χ2n) is 4.04.